The van der Waals surface area contributed by atoms with Crippen molar-refractivity contribution in [3.8, 4) is 0 Å². The van der Waals surface area contributed by atoms with Gasteiger partial charge in [-0.3, -0.25) is 0 Å². The molecule has 0 aromatic rings. The fourth-order valence-electron chi connectivity index (χ4n) is 3.75. The lowest BCUT2D eigenvalue weighted by molar-refractivity contribution is 0.138. The molecule has 1 aliphatic heterocycles. The van der Waals surface area contributed by atoms with Crippen LogP contribution in [-0.2, 0) is 0 Å². The van der Waals surface area contributed by atoms with Crippen LogP contribution in [0.4, 0.5) is 4.79 Å². The van der Waals surface area contributed by atoms with Crippen molar-refractivity contribution in [2.75, 3.05) is 19.6 Å². The van der Waals surface area contributed by atoms with Crippen LogP contribution in [0.3, 0.4) is 0 Å². The normalized spacial score (nSPS) is 22.9. The summed E-state index contributed by atoms with van der Waals surface area (Å²) in [4.78, 5) is 14.5. The van der Waals surface area contributed by atoms with Crippen LogP contribution in [0.25, 0.3) is 0 Å². The van der Waals surface area contributed by atoms with Crippen molar-refractivity contribution in [2.24, 2.45) is 5.92 Å². The first-order valence-electron chi connectivity index (χ1n) is 9.01. The number of carbonyl (C=O) groups excluding carboxylic acids is 1. The van der Waals surface area contributed by atoms with E-state index in [1.807, 2.05) is 0 Å². The van der Waals surface area contributed by atoms with Crippen molar-refractivity contribution >= 4 is 6.03 Å². The van der Waals surface area contributed by atoms with Crippen molar-refractivity contribution in [3.63, 3.8) is 0 Å². The molecule has 1 aliphatic carbocycles. The standard InChI is InChI=1S/C17H33N3O2/c1-13(2)11-16(21)12-18-17(22)19-14-7-9-20(10-8-14)15-5-3-4-6-15/h13-16,21H,3-12H2,1-2H3,(H2,18,19,22). The highest BCUT2D eigenvalue weighted by Crippen LogP contribution is 2.26. The molecule has 1 atom stereocenters. The van der Waals surface area contributed by atoms with Gasteiger partial charge in [0.25, 0.3) is 0 Å². The lowest BCUT2D eigenvalue weighted by Gasteiger charge is -2.36. The number of piperidine rings is 1. The second-order valence-corrected chi connectivity index (χ2v) is 7.39. The molecule has 5 nitrogen and oxygen atoms in total. The SMILES string of the molecule is CC(C)CC(O)CNC(=O)NC1CCN(C2CCCC2)CC1. The molecule has 2 amide bonds. The number of aliphatic hydroxyl groups excluding tert-OH is 1. The molecule has 2 rings (SSSR count). The summed E-state index contributed by atoms with van der Waals surface area (Å²) >= 11 is 0. The molecule has 5 heteroatoms. The van der Waals surface area contributed by atoms with E-state index in [1.54, 1.807) is 0 Å². The zero-order valence-electron chi connectivity index (χ0n) is 14.2. The van der Waals surface area contributed by atoms with Gasteiger partial charge < -0.3 is 20.6 Å². The number of rotatable bonds is 6. The Morgan fingerprint density at radius 1 is 1.18 bits per heavy atom. The van der Waals surface area contributed by atoms with Gasteiger partial charge in [0, 0.05) is 31.7 Å². The topological polar surface area (TPSA) is 64.6 Å². The Hall–Kier alpha value is -0.810. The number of carbonyl (C=O) groups is 1. The molecule has 2 aliphatic rings. The molecule has 2 fully saturated rings. The van der Waals surface area contributed by atoms with Crippen LogP contribution in [0.2, 0.25) is 0 Å². The molecule has 3 N–H and O–H groups in total. The van der Waals surface area contributed by atoms with E-state index in [0.717, 1.165) is 38.4 Å². The Kier molecular flexibility index (Phi) is 6.96. The number of aliphatic hydroxyl groups is 1. The molecule has 0 aromatic heterocycles. The molecule has 22 heavy (non-hydrogen) atoms. The second kappa shape index (κ2) is 8.73. The van der Waals surface area contributed by atoms with Gasteiger partial charge in [0.2, 0.25) is 0 Å². The Labute approximate surface area is 134 Å². The molecule has 128 valence electrons. The van der Waals surface area contributed by atoms with E-state index < -0.39 is 6.10 Å². The van der Waals surface area contributed by atoms with Gasteiger partial charge >= 0.3 is 6.03 Å². The molecule has 1 heterocycles. The number of urea groups is 1. The minimum absolute atomic E-state index is 0.137. The molecule has 1 saturated heterocycles. The Bertz CT molecular complexity index is 335. The Morgan fingerprint density at radius 2 is 1.82 bits per heavy atom. The first-order chi connectivity index (χ1) is 10.5. The predicted octanol–water partition coefficient (Wildman–Crippen LogP) is 2.10. The molecule has 0 spiro atoms. The average Bonchev–Trinajstić information content (AvgIpc) is 2.99. The molecular weight excluding hydrogens is 278 g/mol. The monoisotopic (exact) mass is 311 g/mol. The number of amides is 2. The fourth-order valence-corrected chi connectivity index (χ4v) is 3.75. The molecular formula is C17H33N3O2. The van der Waals surface area contributed by atoms with Crippen molar-refractivity contribution < 1.29 is 9.90 Å². The third-order valence-corrected chi connectivity index (χ3v) is 4.95. The van der Waals surface area contributed by atoms with Crippen molar-refractivity contribution in [1.82, 2.24) is 15.5 Å². The van der Waals surface area contributed by atoms with Crippen LogP contribution >= 0.6 is 0 Å². The first kappa shape index (κ1) is 17.5. The molecule has 1 unspecified atom stereocenters. The van der Waals surface area contributed by atoms with Gasteiger partial charge in [-0.15, -0.1) is 0 Å². The predicted molar refractivity (Wildman–Crippen MR) is 88.8 cm³/mol. The van der Waals surface area contributed by atoms with Crippen LogP contribution in [-0.4, -0.2) is 53.9 Å². The van der Waals surface area contributed by atoms with Crippen LogP contribution in [0.15, 0.2) is 0 Å². The summed E-state index contributed by atoms with van der Waals surface area (Å²) in [5.41, 5.74) is 0. The van der Waals surface area contributed by atoms with E-state index in [-0.39, 0.29) is 12.1 Å². The number of hydrogen-bond donors (Lipinski definition) is 3. The molecule has 1 saturated carbocycles. The van der Waals surface area contributed by atoms with Crippen molar-refractivity contribution in [3.05, 3.63) is 0 Å². The lowest BCUT2D eigenvalue weighted by atomic mass is 10.0. The van der Waals surface area contributed by atoms with E-state index in [0.29, 0.717) is 12.5 Å². The maximum absolute atomic E-state index is 11.9. The number of likely N-dealkylation sites (tertiary alicyclic amines) is 1. The summed E-state index contributed by atoms with van der Waals surface area (Å²) < 4.78 is 0. The van der Waals surface area contributed by atoms with E-state index in [4.69, 9.17) is 0 Å². The van der Waals surface area contributed by atoms with E-state index in [1.165, 1.54) is 25.7 Å². The smallest absolute Gasteiger partial charge is 0.315 e. The molecule has 0 bridgehead atoms. The highest BCUT2D eigenvalue weighted by molar-refractivity contribution is 5.74. The van der Waals surface area contributed by atoms with Gasteiger partial charge in [-0.1, -0.05) is 26.7 Å². The van der Waals surface area contributed by atoms with Gasteiger partial charge in [0.05, 0.1) is 6.10 Å². The largest absolute Gasteiger partial charge is 0.391 e. The highest BCUT2D eigenvalue weighted by atomic mass is 16.3. The summed E-state index contributed by atoms with van der Waals surface area (Å²) in [6, 6.07) is 0.933. The average molecular weight is 311 g/mol. The van der Waals surface area contributed by atoms with E-state index in [2.05, 4.69) is 29.4 Å². The zero-order chi connectivity index (χ0) is 15.9. The quantitative estimate of drug-likeness (QED) is 0.704. The number of hydrogen-bond acceptors (Lipinski definition) is 3. The molecule has 0 aromatic carbocycles. The van der Waals surface area contributed by atoms with Crippen molar-refractivity contribution in [1.29, 1.82) is 0 Å². The summed E-state index contributed by atoms with van der Waals surface area (Å²) in [7, 11) is 0. The van der Waals surface area contributed by atoms with Crippen LogP contribution in [0.1, 0.15) is 58.8 Å². The summed E-state index contributed by atoms with van der Waals surface area (Å²) in [6.45, 7) is 6.69. The Morgan fingerprint density at radius 3 is 2.41 bits per heavy atom. The molecule has 0 radical (unpaired) electrons. The summed E-state index contributed by atoms with van der Waals surface area (Å²) in [6.07, 6.45) is 7.82. The van der Waals surface area contributed by atoms with Gasteiger partial charge in [0.15, 0.2) is 0 Å². The van der Waals surface area contributed by atoms with Crippen LogP contribution in [0.5, 0.6) is 0 Å². The highest BCUT2D eigenvalue weighted by Gasteiger charge is 2.27. The first-order valence-corrected chi connectivity index (χ1v) is 9.01. The van der Waals surface area contributed by atoms with Crippen molar-refractivity contribution in [2.45, 2.75) is 77.0 Å². The van der Waals surface area contributed by atoms with Crippen LogP contribution in [0, 0.1) is 5.92 Å². The van der Waals surface area contributed by atoms with E-state index >= 15 is 0 Å². The fraction of sp³-hybridized carbons (Fsp3) is 0.941. The second-order valence-electron chi connectivity index (χ2n) is 7.39. The minimum atomic E-state index is -0.449. The van der Waals surface area contributed by atoms with Crippen LogP contribution < -0.4 is 10.6 Å². The van der Waals surface area contributed by atoms with Gasteiger partial charge in [0.1, 0.15) is 0 Å². The lowest BCUT2D eigenvalue weighted by Crippen LogP contribution is -2.50. The third-order valence-electron chi connectivity index (χ3n) is 4.95. The maximum atomic E-state index is 11.9. The van der Waals surface area contributed by atoms with Gasteiger partial charge in [-0.05, 0) is 38.0 Å². The Balaban J connectivity index is 1.60. The number of nitrogens with zero attached hydrogens (tertiary/aromatic N) is 1. The summed E-state index contributed by atoms with van der Waals surface area (Å²) in [5, 5.41) is 15.6. The zero-order valence-corrected chi connectivity index (χ0v) is 14.2. The van der Waals surface area contributed by atoms with Gasteiger partial charge in [-0.25, -0.2) is 4.79 Å². The maximum Gasteiger partial charge on any atom is 0.315 e. The summed E-state index contributed by atoms with van der Waals surface area (Å²) in [5.74, 6) is 0.444. The third kappa shape index (κ3) is 5.76. The van der Waals surface area contributed by atoms with Gasteiger partial charge in [-0.2, -0.15) is 0 Å². The van der Waals surface area contributed by atoms with E-state index in [9.17, 15) is 9.90 Å². The number of nitrogens with one attached hydrogen (secondary N) is 2. The minimum Gasteiger partial charge on any atom is -0.391 e.